The van der Waals surface area contributed by atoms with Gasteiger partial charge in [-0.25, -0.2) is 9.78 Å². The summed E-state index contributed by atoms with van der Waals surface area (Å²) in [6.07, 6.45) is 1.71. The second kappa shape index (κ2) is 8.56. The molecule has 0 atom stereocenters. The van der Waals surface area contributed by atoms with Crippen molar-refractivity contribution < 1.29 is 19.1 Å². The van der Waals surface area contributed by atoms with Gasteiger partial charge in [0.1, 0.15) is 5.69 Å². The molecule has 33 heavy (non-hydrogen) atoms. The van der Waals surface area contributed by atoms with Crippen LogP contribution < -0.4 is 5.32 Å². The SMILES string of the molecule is COC(=O)c1cccc(NC(=O)c2csc(C3CCN(C(=O)C4C(C)(C)C4(C)C)CC3)n2)c1. The van der Waals surface area contributed by atoms with Crippen LogP contribution in [-0.2, 0) is 9.53 Å². The molecule has 2 fully saturated rings. The highest BCUT2D eigenvalue weighted by atomic mass is 32.1. The van der Waals surface area contributed by atoms with Gasteiger partial charge in [0.2, 0.25) is 5.91 Å². The molecule has 0 radical (unpaired) electrons. The summed E-state index contributed by atoms with van der Waals surface area (Å²) in [5.41, 5.74) is 1.34. The first-order valence-electron chi connectivity index (χ1n) is 11.3. The fourth-order valence-corrected chi connectivity index (χ4v) is 5.93. The number of amides is 2. The molecule has 8 heteroatoms. The summed E-state index contributed by atoms with van der Waals surface area (Å²) < 4.78 is 4.72. The molecule has 1 aromatic heterocycles. The molecule has 0 unspecified atom stereocenters. The van der Waals surface area contributed by atoms with Crippen LogP contribution in [0.3, 0.4) is 0 Å². The lowest BCUT2D eigenvalue weighted by atomic mass is 9.96. The predicted molar refractivity (Wildman–Crippen MR) is 127 cm³/mol. The second-order valence-corrected chi connectivity index (χ2v) is 11.0. The summed E-state index contributed by atoms with van der Waals surface area (Å²) in [6, 6.07) is 6.61. The average molecular weight is 470 g/mol. The molecule has 1 saturated heterocycles. The number of ether oxygens (including phenoxy) is 1. The molecular formula is C25H31N3O4S. The van der Waals surface area contributed by atoms with E-state index in [9.17, 15) is 14.4 Å². The van der Waals surface area contributed by atoms with Gasteiger partial charge in [-0.2, -0.15) is 0 Å². The minimum Gasteiger partial charge on any atom is -0.465 e. The highest BCUT2D eigenvalue weighted by molar-refractivity contribution is 7.10. The first-order valence-corrected chi connectivity index (χ1v) is 12.2. The van der Waals surface area contributed by atoms with Crippen LogP contribution in [0.2, 0.25) is 0 Å². The molecule has 0 bridgehead atoms. The quantitative estimate of drug-likeness (QED) is 0.648. The summed E-state index contributed by atoms with van der Waals surface area (Å²) in [7, 11) is 1.32. The topological polar surface area (TPSA) is 88.6 Å². The molecule has 1 aromatic carbocycles. The molecule has 1 saturated carbocycles. The number of aromatic nitrogens is 1. The van der Waals surface area contributed by atoms with E-state index in [2.05, 4.69) is 38.0 Å². The van der Waals surface area contributed by atoms with Gasteiger partial charge in [0.25, 0.3) is 5.91 Å². The molecule has 1 aliphatic heterocycles. The predicted octanol–water partition coefficient (Wildman–Crippen LogP) is 4.57. The van der Waals surface area contributed by atoms with Crippen LogP contribution in [0.25, 0.3) is 0 Å². The Hall–Kier alpha value is -2.74. The number of hydrogen-bond acceptors (Lipinski definition) is 6. The van der Waals surface area contributed by atoms with E-state index in [1.165, 1.54) is 18.4 Å². The fraction of sp³-hybridized carbons (Fsp3) is 0.520. The van der Waals surface area contributed by atoms with Gasteiger partial charge in [-0.3, -0.25) is 9.59 Å². The van der Waals surface area contributed by atoms with Crippen LogP contribution in [0.1, 0.15) is 72.3 Å². The largest absolute Gasteiger partial charge is 0.465 e. The molecule has 2 aliphatic rings. The van der Waals surface area contributed by atoms with E-state index in [0.29, 0.717) is 16.9 Å². The lowest BCUT2D eigenvalue weighted by molar-refractivity contribution is -0.134. The van der Waals surface area contributed by atoms with Gasteiger partial charge in [0, 0.05) is 36.0 Å². The number of carbonyl (C=O) groups is 3. The number of likely N-dealkylation sites (tertiary alicyclic amines) is 1. The molecule has 2 heterocycles. The van der Waals surface area contributed by atoms with Crippen molar-refractivity contribution in [2.24, 2.45) is 16.7 Å². The third-order valence-corrected chi connectivity index (χ3v) is 8.73. The molecule has 1 aliphatic carbocycles. The van der Waals surface area contributed by atoms with Gasteiger partial charge in [-0.15, -0.1) is 11.3 Å². The molecule has 1 N–H and O–H groups in total. The number of nitrogens with zero attached hydrogens (tertiary/aromatic N) is 2. The van der Waals surface area contributed by atoms with E-state index in [4.69, 9.17) is 4.74 Å². The number of piperidine rings is 1. The maximum atomic E-state index is 13.0. The average Bonchev–Trinajstić information content (AvgIpc) is 3.13. The van der Waals surface area contributed by atoms with Crippen LogP contribution in [0, 0.1) is 16.7 Å². The Kier molecular flexibility index (Phi) is 6.07. The van der Waals surface area contributed by atoms with Gasteiger partial charge in [-0.1, -0.05) is 33.8 Å². The normalized spacial score (nSPS) is 19.7. The minimum atomic E-state index is -0.458. The van der Waals surface area contributed by atoms with Crippen molar-refractivity contribution in [1.29, 1.82) is 0 Å². The Morgan fingerprint density at radius 3 is 2.39 bits per heavy atom. The Morgan fingerprint density at radius 2 is 1.79 bits per heavy atom. The van der Waals surface area contributed by atoms with E-state index < -0.39 is 5.97 Å². The molecule has 2 aromatic rings. The van der Waals surface area contributed by atoms with Crippen molar-refractivity contribution in [3.63, 3.8) is 0 Å². The van der Waals surface area contributed by atoms with E-state index >= 15 is 0 Å². The number of thiazole rings is 1. The van der Waals surface area contributed by atoms with Crippen LogP contribution in [0.5, 0.6) is 0 Å². The Bertz CT molecular complexity index is 1070. The zero-order valence-electron chi connectivity index (χ0n) is 19.8. The molecule has 2 amide bonds. The monoisotopic (exact) mass is 469 g/mol. The highest BCUT2D eigenvalue weighted by Crippen LogP contribution is 2.68. The number of hydrogen-bond donors (Lipinski definition) is 1. The van der Waals surface area contributed by atoms with Crippen LogP contribution in [-0.4, -0.2) is 47.9 Å². The number of rotatable bonds is 5. The smallest absolute Gasteiger partial charge is 0.337 e. The van der Waals surface area contributed by atoms with E-state index in [1.54, 1.807) is 29.6 Å². The molecule has 7 nitrogen and oxygen atoms in total. The van der Waals surface area contributed by atoms with E-state index in [0.717, 1.165) is 30.9 Å². The summed E-state index contributed by atoms with van der Waals surface area (Å²) in [6.45, 7) is 10.2. The molecule has 0 spiro atoms. The third-order valence-electron chi connectivity index (χ3n) is 7.72. The highest BCUT2D eigenvalue weighted by Gasteiger charge is 2.68. The first-order chi connectivity index (χ1) is 15.6. The first kappa shape index (κ1) is 23.4. The van der Waals surface area contributed by atoms with Gasteiger partial charge in [0.15, 0.2) is 0 Å². The van der Waals surface area contributed by atoms with E-state index in [1.807, 2.05) is 4.90 Å². The summed E-state index contributed by atoms with van der Waals surface area (Å²) in [5, 5.41) is 5.49. The van der Waals surface area contributed by atoms with E-state index in [-0.39, 0.29) is 34.5 Å². The fourth-order valence-electron chi connectivity index (χ4n) is 4.96. The van der Waals surface area contributed by atoms with Gasteiger partial charge in [-0.05, 0) is 41.9 Å². The van der Waals surface area contributed by atoms with Crippen LogP contribution >= 0.6 is 11.3 Å². The van der Waals surface area contributed by atoms with Crippen molar-refractivity contribution in [2.75, 3.05) is 25.5 Å². The van der Waals surface area contributed by atoms with Crippen LogP contribution in [0.15, 0.2) is 29.6 Å². The maximum Gasteiger partial charge on any atom is 0.337 e. The summed E-state index contributed by atoms with van der Waals surface area (Å²) in [5.74, 6) is -0.152. The van der Waals surface area contributed by atoms with Gasteiger partial charge < -0.3 is 15.0 Å². The standard InChI is InChI=1S/C25H31N3O4S/c1-24(2)19(25(24,3)4)22(30)28-11-9-15(10-12-28)21-27-18(14-33-21)20(29)26-17-8-6-7-16(13-17)23(31)32-5/h6-8,13-15,19H,9-12H2,1-5H3,(H,26,29). The van der Waals surface area contributed by atoms with Crippen molar-refractivity contribution >= 4 is 34.8 Å². The number of esters is 1. The number of carbonyl (C=O) groups excluding carboxylic acids is 3. The van der Waals surface area contributed by atoms with Crippen molar-refractivity contribution in [3.05, 3.63) is 45.9 Å². The summed E-state index contributed by atoms with van der Waals surface area (Å²) in [4.78, 5) is 44.0. The molecule has 176 valence electrons. The number of benzene rings is 1. The number of anilines is 1. The Labute approximate surface area is 198 Å². The zero-order chi connectivity index (χ0) is 24.0. The maximum absolute atomic E-state index is 13.0. The van der Waals surface area contributed by atoms with Gasteiger partial charge in [0.05, 0.1) is 17.7 Å². The lowest BCUT2D eigenvalue weighted by Crippen LogP contribution is -2.39. The third kappa shape index (κ3) is 4.28. The molecule has 4 rings (SSSR count). The molecular weight excluding hydrogens is 438 g/mol. The lowest BCUT2D eigenvalue weighted by Gasteiger charge is -2.31. The number of methoxy groups -OCH3 is 1. The zero-order valence-corrected chi connectivity index (χ0v) is 20.6. The minimum absolute atomic E-state index is 0.0505. The second-order valence-electron chi connectivity index (χ2n) is 10.1. The van der Waals surface area contributed by atoms with Crippen molar-refractivity contribution in [3.8, 4) is 0 Å². The van der Waals surface area contributed by atoms with Crippen molar-refractivity contribution in [2.45, 2.75) is 46.5 Å². The van der Waals surface area contributed by atoms with Crippen LogP contribution in [0.4, 0.5) is 5.69 Å². The van der Waals surface area contributed by atoms with Gasteiger partial charge >= 0.3 is 5.97 Å². The van der Waals surface area contributed by atoms with Crippen molar-refractivity contribution in [1.82, 2.24) is 9.88 Å². The summed E-state index contributed by atoms with van der Waals surface area (Å²) >= 11 is 1.48. The Balaban J connectivity index is 1.34. The Morgan fingerprint density at radius 1 is 1.12 bits per heavy atom. The number of nitrogens with one attached hydrogen (secondary N) is 1.